The lowest BCUT2D eigenvalue weighted by molar-refractivity contribution is 0.00446. The van der Waals surface area contributed by atoms with Crippen molar-refractivity contribution < 1.29 is 24.2 Å². The lowest BCUT2D eigenvalue weighted by atomic mass is 10.1. The fourth-order valence-corrected chi connectivity index (χ4v) is 3.25. The van der Waals surface area contributed by atoms with Crippen LogP contribution in [0.5, 0.6) is 0 Å². The Hall–Kier alpha value is -3.02. The molecule has 0 radical (unpaired) electrons. The summed E-state index contributed by atoms with van der Waals surface area (Å²) >= 11 is 0. The largest absolute Gasteiger partial charge is 0.444 e. The van der Waals surface area contributed by atoms with Gasteiger partial charge in [0.05, 0.1) is 24.5 Å². The van der Waals surface area contributed by atoms with E-state index in [0.29, 0.717) is 12.0 Å². The van der Waals surface area contributed by atoms with Gasteiger partial charge in [0.25, 0.3) is 0 Å². The first-order valence-electron chi connectivity index (χ1n) is 8.29. The van der Waals surface area contributed by atoms with Crippen molar-refractivity contribution >= 4 is 11.8 Å². The Bertz CT molecular complexity index is 900. The van der Waals surface area contributed by atoms with Crippen LogP contribution in [0.2, 0.25) is 0 Å². The maximum Gasteiger partial charge on any atom is 0.246 e. The number of nitrogens with one attached hydrogen (secondary N) is 1. The Kier molecular flexibility index (Phi) is 4.48. The van der Waals surface area contributed by atoms with Gasteiger partial charge in [0, 0.05) is 12.5 Å². The molecule has 4 rings (SSSR count). The number of aliphatic hydroxyl groups is 3. The summed E-state index contributed by atoms with van der Waals surface area (Å²) in [5.41, 5.74) is 6.46. The minimum atomic E-state index is -1.10. The van der Waals surface area contributed by atoms with Gasteiger partial charge in [-0.3, -0.25) is 0 Å². The molecule has 0 spiro atoms. The molecule has 0 amide bonds. The molecule has 0 unspecified atom stereocenters. The summed E-state index contributed by atoms with van der Waals surface area (Å²) in [5, 5.41) is 32.8. The minimum Gasteiger partial charge on any atom is -0.444 e. The predicted molar refractivity (Wildman–Crippen MR) is 92.1 cm³/mol. The number of anilines is 2. The maximum absolute atomic E-state index is 10.3. The Morgan fingerprint density at radius 3 is 2.37 bits per heavy atom. The first-order valence-corrected chi connectivity index (χ1v) is 8.29. The lowest BCUT2D eigenvalue weighted by Crippen LogP contribution is -2.35. The number of oxazole rings is 2. The summed E-state index contributed by atoms with van der Waals surface area (Å²) in [6, 6.07) is -0.572. The van der Waals surface area contributed by atoms with Crippen molar-refractivity contribution in [3.63, 3.8) is 0 Å². The topological polar surface area (TPSA) is 177 Å². The molecule has 142 valence electrons. The Labute approximate surface area is 152 Å². The summed E-state index contributed by atoms with van der Waals surface area (Å²) in [6.07, 6.45) is 3.90. The molecular weight excluding hydrogens is 356 g/mol. The monoisotopic (exact) mass is 374 g/mol. The van der Waals surface area contributed by atoms with E-state index in [1.54, 1.807) is 0 Å². The molecule has 11 heteroatoms. The van der Waals surface area contributed by atoms with Crippen LogP contribution in [0.3, 0.4) is 0 Å². The van der Waals surface area contributed by atoms with Crippen molar-refractivity contribution in [2.24, 2.45) is 5.92 Å². The zero-order valence-corrected chi connectivity index (χ0v) is 14.1. The van der Waals surface area contributed by atoms with Crippen molar-refractivity contribution in [1.29, 1.82) is 0 Å². The zero-order valence-electron chi connectivity index (χ0n) is 14.1. The highest BCUT2D eigenvalue weighted by molar-refractivity contribution is 5.83. The van der Waals surface area contributed by atoms with E-state index in [-0.39, 0.29) is 35.8 Å². The molecule has 0 aliphatic heterocycles. The molecule has 0 aromatic carbocycles. The second-order valence-electron chi connectivity index (χ2n) is 6.24. The third-order valence-electron chi connectivity index (χ3n) is 4.57. The van der Waals surface area contributed by atoms with E-state index < -0.39 is 24.2 Å². The fraction of sp³-hybridized carbons (Fsp3) is 0.375. The lowest BCUT2D eigenvalue weighted by Gasteiger charge is -2.20. The van der Waals surface area contributed by atoms with Crippen molar-refractivity contribution in [3.05, 3.63) is 24.9 Å². The average Bonchev–Trinajstić information content (AvgIpc) is 3.40. The quantitative estimate of drug-likeness (QED) is 0.402. The molecule has 11 nitrogen and oxygen atoms in total. The van der Waals surface area contributed by atoms with E-state index in [0.717, 1.165) is 0 Å². The normalized spacial score (nSPS) is 25.0. The van der Waals surface area contributed by atoms with Gasteiger partial charge in [-0.1, -0.05) is 0 Å². The summed E-state index contributed by atoms with van der Waals surface area (Å²) in [5.74, 6) is 0.145. The molecule has 1 saturated carbocycles. The first kappa shape index (κ1) is 17.4. The molecule has 27 heavy (non-hydrogen) atoms. The molecule has 3 aromatic rings. The van der Waals surface area contributed by atoms with Gasteiger partial charge >= 0.3 is 0 Å². The molecule has 3 aromatic heterocycles. The van der Waals surface area contributed by atoms with Gasteiger partial charge in [-0.25, -0.2) is 15.0 Å². The number of aliphatic hydroxyl groups excluding tert-OH is 3. The highest BCUT2D eigenvalue weighted by atomic mass is 16.3. The van der Waals surface area contributed by atoms with E-state index >= 15 is 0 Å². The van der Waals surface area contributed by atoms with E-state index in [1.165, 1.54) is 24.9 Å². The number of nitrogens with zero attached hydrogens (tertiary/aromatic N) is 4. The van der Waals surface area contributed by atoms with E-state index in [1.807, 2.05) is 0 Å². The van der Waals surface area contributed by atoms with E-state index in [9.17, 15) is 15.3 Å². The second kappa shape index (κ2) is 6.95. The number of rotatable bonds is 5. The van der Waals surface area contributed by atoms with Crippen molar-refractivity contribution in [2.45, 2.75) is 24.7 Å². The van der Waals surface area contributed by atoms with Crippen LogP contribution < -0.4 is 11.1 Å². The summed E-state index contributed by atoms with van der Waals surface area (Å²) in [7, 11) is 0. The SMILES string of the molecule is Nc1nc(N[C@@H]2C[C@H](CO)[C@@H](O)[C@H]2O)c(-c2ncco2)c(-c2ncco2)n1. The van der Waals surface area contributed by atoms with E-state index in [4.69, 9.17) is 14.6 Å². The van der Waals surface area contributed by atoms with Gasteiger partial charge in [0.15, 0.2) is 0 Å². The highest BCUT2D eigenvalue weighted by Crippen LogP contribution is 2.37. The molecule has 4 atom stereocenters. The summed E-state index contributed by atoms with van der Waals surface area (Å²) in [6.45, 7) is -0.240. The molecule has 6 N–H and O–H groups in total. The van der Waals surface area contributed by atoms with Crippen molar-refractivity contribution in [1.82, 2.24) is 19.9 Å². The van der Waals surface area contributed by atoms with Crippen LogP contribution in [0, 0.1) is 5.92 Å². The number of hydrogen-bond acceptors (Lipinski definition) is 11. The van der Waals surface area contributed by atoms with Crippen LogP contribution in [-0.2, 0) is 0 Å². The van der Waals surface area contributed by atoms with Gasteiger partial charge in [-0.05, 0) is 6.42 Å². The predicted octanol–water partition coefficient (Wildman–Crippen LogP) is -0.117. The number of aromatic nitrogens is 4. The standard InChI is InChI=1S/C16H18N6O5/c17-16-21-10(15-19-2-4-27-15)9(14-18-1-3-26-14)13(22-16)20-8-5-7(6-23)11(24)12(8)25/h1-4,7-8,11-12,23-25H,5-6H2,(H3,17,20,21,22)/t7-,8-,11-,12+/m1/s1. The molecule has 1 aliphatic carbocycles. The molecular formula is C16H18N6O5. The second-order valence-corrected chi connectivity index (χ2v) is 6.24. The van der Waals surface area contributed by atoms with Crippen LogP contribution in [0.25, 0.3) is 23.0 Å². The van der Waals surface area contributed by atoms with Crippen LogP contribution in [0.15, 0.2) is 33.8 Å². The summed E-state index contributed by atoms with van der Waals surface area (Å²) < 4.78 is 10.7. The molecule has 0 bridgehead atoms. The maximum atomic E-state index is 10.3. The third kappa shape index (κ3) is 3.12. The number of nitrogens with two attached hydrogens (primary N) is 1. The highest BCUT2D eigenvalue weighted by Gasteiger charge is 2.41. The van der Waals surface area contributed by atoms with Crippen LogP contribution >= 0.6 is 0 Å². The first-order chi connectivity index (χ1) is 13.1. The van der Waals surface area contributed by atoms with Gasteiger partial charge in [-0.15, -0.1) is 0 Å². The third-order valence-corrected chi connectivity index (χ3v) is 4.57. The fourth-order valence-electron chi connectivity index (χ4n) is 3.25. The average molecular weight is 374 g/mol. The van der Waals surface area contributed by atoms with Crippen molar-refractivity contribution in [2.75, 3.05) is 17.7 Å². The zero-order chi connectivity index (χ0) is 19.0. The smallest absolute Gasteiger partial charge is 0.246 e. The van der Waals surface area contributed by atoms with Gasteiger partial charge in [0.2, 0.25) is 17.7 Å². The van der Waals surface area contributed by atoms with Crippen molar-refractivity contribution in [3.8, 4) is 23.0 Å². The van der Waals surface area contributed by atoms with Crippen LogP contribution in [0.1, 0.15) is 6.42 Å². The minimum absolute atomic E-state index is 0.0484. The molecule has 1 aliphatic rings. The van der Waals surface area contributed by atoms with Crippen LogP contribution in [-0.4, -0.2) is 60.1 Å². The van der Waals surface area contributed by atoms with Gasteiger partial charge in [-0.2, -0.15) is 4.98 Å². The summed E-state index contributed by atoms with van der Waals surface area (Å²) in [4.78, 5) is 16.6. The van der Waals surface area contributed by atoms with Gasteiger partial charge in [0.1, 0.15) is 35.7 Å². The number of nitrogen functional groups attached to an aromatic ring is 1. The van der Waals surface area contributed by atoms with E-state index in [2.05, 4.69) is 25.3 Å². The Balaban J connectivity index is 1.79. The Morgan fingerprint density at radius 1 is 1.07 bits per heavy atom. The molecule has 0 saturated heterocycles. The van der Waals surface area contributed by atoms with Gasteiger partial charge < -0.3 is 35.2 Å². The molecule has 3 heterocycles. The Morgan fingerprint density at radius 2 is 1.78 bits per heavy atom. The van der Waals surface area contributed by atoms with Crippen LogP contribution in [0.4, 0.5) is 11.8 Å². The number of hydrogen-bond donors (Lipinski definition) is 5. The molecule has 1 fully saturated rings.